The second-order valence-electron chi connectivity index (χ2n) is 3.97. The smallest absolute Gasteiger partial charge is 0.169 e. The summed E-state index contributed by atoms with van der Waals surface area (Å²) in [7, 11) is 1.99. The molecule has 0 aromatic carbocycles. The molecule has 3 heterocycles. The topological polar surface area (TPSA) is 82.5 Å². The highest BCUT2D eigenvalue weighted by molar-refractivity contribution is 8.15. The zero-order valence-electron chi connectivity index (χ0n) is 10.9. The molecule has 20 heavy (non-hydrogen) atoms. The molecule has 0 amide bonds. The van der Waals surface area contributed by atoms with Crippen LogP contribution in [-0.2, 0) is 7.05 Å². The SMILES string of the molecule is CSCSc1ncc(-c2nc3c(N)ncnc3s2)n1C. The Morgan fingerprint density at radius 2 is 2.20 bits per heavy atom. The predicted octanol–water partition coefficient (Wildman–Crippen LogP) is 2.48. The van der Waals surface area contributed by atoms with E-state index in [1.165, 1.54) is 17.7 Å². The molecule has 0 unspecified atom stereocenters. The first-order valence-corrected chi connectivity index (χ1v) is 8.91. The summed E-state index contributed by atoms with van der Waals surface area (Å²) >= 11 is 4.99. The molecule has 3 aromatic rings. The van der Waals surface area contributed by atoms with Gasteiger partial charge < -0.3 is 10.3 Å². The molecule has 3 rings (SSSR count). The van der Waals surface area contributed by atoms with Crippen molar-refractivity contribution in [2.24, 2.45) is 7.05 Å². The monoisotopic (exact) mass is 324 g/mol. The summed E-state index contributed by atoms with van der Waals surface area (Å²) in [6.07, 6.45) is 5.37. The van der Waals surface area contributed by atoms with E-state index in [2.05, 4.69) is 26.2 Å². The van der Waals surface area contributed by atoms with Crippen LogP contribution in [0.15, 0.2) is 17.7 Å². The van der Waals surface area contributed by atoms with E-state index in [1.54, 1.807) is 23.5 Å². The van der Waals surface area contributed by atoms with Crippen LogP contribution in [0.5, 0.6) is 0 Å². The lowest BCUT2D eigenvalue weighted by Gasteiger charge is -2.02. The van der Waals surface area contributed by atoms with E-state index in [0.717, 1.165) is 25.8 Å². The summed E-state index contributed by atoms with van der Waals surface area (Å²) in [6, 6.07) is 0. The van der Waals surface area contributed by atoms with Crippen molar-refractivity contribution < 1.29 is 0 Å². The first-order chi connectivity index (χ1) is 9.70. The van der Waals surface area contributed by atoms with Gasteiger partial charge in [-0.05, 0) is 6.26 Å². The van der Waals surface area contributed by atoms with Gasteiger partial charge in [-0.1, -0.05) is 23.1 Å². The van der Waals surface area contributed by atoms with Gasteiger partial charge in [0.1, 0.15) is 21.7 Å². The van der Waals surface area contributed by atoms with Gasteiger partial charge >= 0.3 is 0 Å². The van der Waals surface area contributed by atoms with E-state index < -0.39 is 0 Å². The number of hydrogen-bond donors (Lipinski definition) is 1. The fraction of sp³-hybridized carbons (Fsp3) is 0.273. The summed E-state index contributed by atoms with van der Waals surface area (Å²) < 4.78 is 2.04. The maximum atomic E-state index is 5.82. The van der Waals surface area contributed by atoms with E-state index in [9.17, 15) is 0 Å². The van der Waals surface area contributed by atoms with Crippen LogP contribution in [0.2, 0.25) is 0 Å². The summed E-state index contributed by atoms with van der Waals surface area (Å²) in [4.78, 5) is 17.9. The number of rotatable bonds is 4. The van der Waals surface area contributed by atoms with Gasteiger partial charge in [-0.3, -0.25) is 0 Å². The standard InChI is InChI=1S/C11H12N6S3/c1-17-6(3-13-11(17)19-5-18-2)9-16-7-8(12)14-4-15-10(7)20-9/h3-4H,5H2,1-2H3,(H2,12,14,15). The number of imidazole rings is 1. The molecule has 0 radical (unpaired) electrons. The molecule has 0 fully saturated rings. The fourth-order valence-electron chi connectivity index (χ4n) is 1.72. The number of aromatic nitrogens is 5. The average Bonchev–Trinajstić information content (AvgIpc) is 3.01. The summed E-state index contributed by atoms with van der Waals surface area (Å²) in [5.74, 6) is 0.414. The minimum Gasteiger partial charge on any atom is -0.382 e. The first kappa shape index (κ1) is 13.7. The van der Waals surface area contributed by atoms with Crippen molar-refractivity contribution in [2.75, 3.05) is 17.1 Å². The van der Waals surface area contributed by atoms with Crippen molar-refractivity contribution >= 4 is 51.0 Å². The number of anilines is 1. The van der Waals surface area contributed by atoms with Gasteiger partial charge in [0.15, 0.2) is 11.0 Å². The minimum atomic E-state index is 0.414. The number of nitrogens with two attached hydrogens (primary N) is 1. The largest absolute Gasteiger partial charge is 0.382 e. The Balaban J connectivity index is 2.03. The highest BCUT2D eigenvalue weighted by Gasteiger charge is 2.15. The van der Waals surface area contributed by atoms with Crippen LogP contribution in [0.1, 0.15) is 0 Å². The van der Waals surface area contributed by atoms with Crippen LogP contribution in [0.3, 0.4) is 0 Å². The van der Waals surface area contributed by atoms with Crippen molar-refractivity contribution in [3.63, 3.8) is 0 Å². The molecule has 6 nitrogen and oxygen atoms in total. The third-order valence-corrected chi connectivity index (χ3v) is 5.73. The van der Waals surface area contributed by atoms with E-state index in [1.807, 2.05) is 17.8 Å². The van der Waals surface area contributed by atoms with Gasteiger partial charge in [-0.2, -0.15) is 11.8 Å². The Hall–Kier alpha value is -1.32. The molecule has 0 bridgehead atoms. The molecule has 104 valence electrons. The van der Waals surface area contributed by atoms with Crippen LogP contribution in [0.4, 0.5) is 5.82 Å². The zero-order chi connectivity index (χ0) is 14.1. The first-order valence-electron chi connectivity index (χ1n) is 5.71. The van der Waals surface area contributed by atoms with Gasteiger partial charge in [0.2, 0.25) is 0 Å². The molecule has 0 saturated heterocycles. The van der Waals surface area contributed by atoms with E-state index in [0.29, 0.717) is 11.3 Å². The van der Waals surface area contributed by atoms with Crippen LogP contribution in [0.25, 0.3) is 21.0 Å². The maximum Gasteiger partial charge on any atom is 0.169 e. The molecule has 0 atom stereocenters. The van der Waals surface area contributed by atoms with E-state index in [4.69, 9.17) is 5.73 Å². The van der Waals surface area contributed by atoms with Gasteiger partial charge in [0, 0.05) is 12.1 Å². The highest BCUT2D eigenvalue weighted by atomic mass is 32.2. The molecule has 2 N–H and O–H groups in total. The molecular formula is C11H12N6S3. The summed E-state index contributed by atoms with van der Waals surface area (Å²) in [5.41, 5.74) is 7.45. The molecule has 0 aliphatic carbocycles. The molecule has 0 saturated carbocycles. The second-order valence-corrected chi connectivity index (χ2v) is 7.12. The minimum absolute atomic E-state index is 0.414. The Labute approximate surface area is 128 Å². The van der Waals surface area contributed by atoms with Crippen LogP contribution in [-0.4, -0.2) is 35.8 Å². The van der Waals surface area contributed by atoms with E-state index >= 15 is 0 Å². The lowest BCUT2D eigenvalue weighted by molar-refractivity contribution is 0.797. The number of fused-ring (bicyclic) bond motifs is 1. The molecule has 0 aliphatic rings. The van der Waals surface area contributed by atoms with Gasteiger partial charge in [0.25, 0.3) is 0 Å². The van der Waals surface area contributed by atoms with Crippen LogP contribution in [0, 0.1) is 0 Å². The highest BCUT2D eigenvalue weighted by Crippen LogP contribution is 2.32. The lowest BCUT2D eigenvalue weighted by Crippen LogP contribution is -1.94. The number of thioether (sulfide) groups is 2. The third-order valence-electron chi connectivity index (χ3n) is 2.69. The molecule has 3 aromatic heterocycles. The maximum absolute atomic E-state index is 5.82. The molecule has 0 spiro atoms. The Morgan fingerprint density at radius 1 is 1.35 bits per heavy atom. The van der Waals surface area contributed by atoms with Crippen molar-refractivity contribution in [1.82, 2.24) is 24.5 Å². The lowest BCUT2D eigenvalue weighted by atomic mass is 10.5. The normalized spacial score (nSPS) is 11.3. The number of nitrogens with zero attached hydrogens (tertiary/aromatic N) is 5. The average molecular weight is 324 g/mol. The van der Waals surface area contributed by atoms with Crippen molar-refractivity contribution in [3.8, 4) is 10.7 Å². The predicted molar refractivity (Wildman–Crippen MR) is 86.1 cm³/mol. The van der Waals surface area contributed by atoms with Crippen molar-refractivity contribution in [3.05, 3.63) is 12.5 Å². The van der Waals surface area contributed by atoms with Crippen LogP contribution < -0.4 is 5.73 Å². The third kappa shape index (κ3) is 2.36. The molecule has 0 aliphatic heterocycles. The quantitative estimate of drug-likeness (QED) is 0.583. The zero-order valence-corrected chi connectivity index (χ0v) is 13.3. The molecular weight excluding hydrogens is 312 g/mol. The van der Waals surface area contributed by atoms with Crippen LogP contribution >= 0.6 is 34.9 Å². The Bertz CT molecular complexity index is 750. The van der Waals surface area contributed by atoms with E-state index in [-0.39, 0.29) is 0 Å². The number of thiazole rings is 1. The van der Waals surface area contributed by atoms with Gasteiger partial charge in [0.05, 0.1) is 11.9 Å². The Morgan fingerprint density at radius 3 is 2.95 bits per heavy atom. The van der Waals surface area contributed by atoms with Gasteiger partial charge in [-0.25, -0.2) is 19.9 Å². The summed E-state index contributed by atoms with van der Waals surface area (Å²) in [5, 5.41) is 2.81. The Kier molecular flexibility index (Phi) is 3.81. The molecule has 9 heteroatoms. The summed E-state index contributed by atoms with van der Waals surface area (Å²) in [6.45, 7) is 0. The van der Waals surface area contributed by atoms with Crippen molar-refractivity contribution in [2.45, 2.75) is 5.16 Å². The van der Waals surface area contributed by atoms with Gasteiger partial charge in [-0.15, -0.1) is 0 Å². The van der Waals surface area contributed by atoms with Crippen molar-refractivity contribution in [1.29, 1.82) is 0 Å². The second kappa shape index (κ2) is 5.58. The number of nitrogen functional groups attached to an aromatic ring is 1. The number of hydrogen-bond acceptors (Lipinski definition) is 8. The fourth-order valence-corrected chi connectivity index (χ4v) is 3.99.